The Morgan fingerprint density at radius 1 is 1.07 bits per heavy atom. The minimum Gasteiger partial charge on any atom is -0.341 e. The molecule has 3 heterocycles. The van der Waals surface area contributed by atoms with Crippen LogP contribution in [0.5, 0.6) is 0 Å². The third-order valence-corrected chi connectivity index (χ3v) is 7.85. The zero-order valence-corrected chi connectivity index (χ0v) is 18.0. The number of hydrogen-bond donors (Lipinski definition) is 1. The van der Waals surface area contributed by atoms with Crippen molar-refractivity contribution in [2.45, 2.75) is 83.8 Å². The maximum absolute atomic E-state index is 12.7. The smallest absolute Gasteiger partial charge is 0.318 e. The molecule has 0 bridgehead atoms. The number of piperidine rings is 2. The van der Waals surface area contributed by atoms with Crippen LogP contribution in [0, 0.1) is 11.3 Å². The SMILES string of the molecule is CC(=O)N1CCC2C(C1)NC(=O)N2C1CCN(CC2CCC(C)(C)CC2)CC1. The van der Waals surface area contributed by atoms with E-state index in [1.165, 1.54) is 32.2 Å². The maximum atomic E-state index is 12.7. The Morgan fingerprint density at radius 2 is 1.75 bits per heavy atom. The van der Waals surface area contributed by atoms with Crippen molar-refractivity contribution >= 4 is 11.9 Å². The van der Waals surface area contributed by atoms with Gasteiger partial charge in [-0.05, 0) is 56.3 Å². The van der Waals surface area contributed by atoms with Crippen molar-refractivity contribution in [2.75, 3.05) is 32.7 Å². The van der Waals surface area contributed by atoms with Gasteiger partial charge in [0.2, 0.25) is 5.91 Å². The summed E-state index contributed by atoms with van der Waals surface area (Å²) in [7, 11) is 0. The van der Waals surface area contributed by atoms with Gasteiger partial charge in [0.15, 0.2) is 0 Å². The second kappa shape index (κ2) is 7.85. The third-order valence-electron chi connectivity index (χ3n) is 7.85. The summed E-state index contributed by atoms with van der Waals surface area (Å²) in [6, 6.07) is 0.822. The molecule has 2 atom stereocenters. The number of fused-ring (bicyclic) bond motifs is 1. The number of carbonyl (C=O) groups excluding carboxylic acids is 2. The van der Waals surface area contributed by atoms with Crippen LogP contribution >= 0.6 is 0 Å². The molecule has 0 radical (unpaired) electrons. The molecule has 158 valence electrons. The topological polar surface area (TPSA) is 55.9 Å². The van der Waals surface area contributed by atoms with Gasteiger partial charge >= 0.3 is 6.03 Å². The highest BCUT2D eigenvalue weighted by atomic mass is 16.2. The summed E-state index contributed by atoms with van der Waals surface area (Å²) in [5.41, 5.74) is 0.543. The van der Waals surface area contributed by atoms with Crippen LogP contribution in [0.1, 0.15) is 65.7 Å². The van der Waals surface area contributed by atoms with E-state index in [0.717, 1.165) is 44.8 Å². The van der Waals surface area contributed by atoms with Crippen LogP contribution in [0.4, 0.5) is 4.79 Å². The molecule has 28 heavy (non-hydrogen) atoms. The minimum absolute atomic E-state index is 0.0911. The van der Waals surface area contributed by atoms with Crippen molar-refractivity contribution in [3.63, 3.8) is 0 Å². The number of urea groups is 1. The van der Waals surface area contributed by atoms with Crippen molar-refractivity contribution in [2.24, 2.45) is 11.3 Å². The van der Waals surface area contributed by atoms with Crippen LogP contribution in [0.25, 0.3) is 0 Å². The Morgan fingerprint density at radius 3 is 2.39 bits per heavy atom. The van der Waals surface area contributed by atoms with Gasteiger partial charge in [0.1, 0.15) is 0 Å². The Balaban J connectivity index is 1.27. The monoisotopic (exact) mass is 390 g/mol. The summed E-state index contributed by atoms with van der Waals surface area (Å²) in [5.74, 6) is 0.977. The zero-order chi connectivity index (χ0) is 19.9. The van der Waals surface area contributed by atoms with Crippen LogP contribution < -0.4 is 5.32 Å². The standard InChI is InChI=1S/C22H38N4O2/c1-16(27)25-13-8-20-19(15-25)23-21(28)26(20)18-6-11-24(12-7-18)14-17-4-9-22(2,3)10-5-17/h17-20H,4-15H2,1-3H3,(H,23,28). The molecular weight excluding hydrogens is 352 g/mol. The summed E-state index contributed by atoms with van der Waals surface area (Å²) in [5, 5.41) is 3.15. The molecule has 4 rings (SSSR count). The fourth-order valence-electron chi connectivity index (χ4n) is 5.91. The normalized spacial score (nSPS) is 32.3. The quantitative estimate of drug-likeness (QED) is 0.806. The molecule has 6 nitrogen and oxygen atoms in total. The second-order valence-corrected chi connectivity index (χ2v) is 10.4. The number of nitrogens with one attached hydrogen (secondary N) is 1. The molecule has 4 fully saturated rings. The molecule has 0 spiro atoms. The van der Waals surface area contributed by atoms with Crippen molar-refractivity contribution < 1.29 is 9.59 Å². The van der Waals surface area contributed by atoms with Gasteiger partial charge in [-0.2, -0.15) is 0 Å². The highest BCUT2D eigenvalue weighted by molar-refractivity contribution is 5.79. The number of carbonyl (C=O) groups is 2. The van der Waals surface area contributed by atoms with E-state index < -0.39 is 0 Å². The average Bonchev–Trinajstić information content (AvgIpc) is 2.99. The fraction of sp³-hybridized carbons (Fsp3) is 0.909. The molecule has 3 amide bonds. The van der Waals surface area contributed by atoms with Gasteiger partial charge in [-0.1, -0.05) is 13.8 Å². The predicted molar refractivity (Wildman–Crippen MR) is 110 cm³/mol. The first-order valence-electron chi connectivity index (χ1n) is 11.4. The van der Waals surface area contributed by atoms with Gasteiger partial charge < -0.3 is 20.0 Å². The fourth-order valence-corrected chi connectivity index (χ4v) is 5.91. The van der Waals surface area contributed by atoms with Gasteiger partial charge in [-0.3, -0.25) is 4.79 Å². The van der Waals surface area contributed by atoms with Gasteiger partial charge in [-0.25, -0.2) is 4.79 Å². The van der Waals surface area contributed by atoms with E-state index in [4.69, 9.17) is 0 Å². The lowest BCUT2D eigenvalue weighted by molar-refractivity contribution is -0.130. The Kier molecular flexibility index (Phi) is 5.60. The van der Waals surface area contributed by atoms with E-state index in [0.29, 0.717) is 18.0 Å². The Bertz CT molecular complexity index is 589. The van der Waals surface area contributed by atoms with Crippen molar-refractivity contribution in [3.05, 3.63) is 0 Å². The van der Waals surface area contributed by atoms with Crippen LogP contribution in [-0.4, -0.2) is 77.5 Å². The molecule has 0 aromatic heterocycles. The molecule has 3 aliphatic heterocycles. The molecule has 2 unspecified atom stereocenters. The highest BCUT2D eigenvalue weighted by Crippen LogP contribution is 2.38. The predicted octanol–water partition coefficient (Wildman–Crippen LogP) is 2.68. The van der Waals surface area contributed by atoms with Gasteiger partial charge in [0.05, 0.1) is 12.1 Å². The summed E-state index contributed by atoms with van der Waals surface area (Å²) in [4.78, 5) is 31.0. The molecule has 3 saturated heterocycles. The first-order chi connectivity index (χ1) is 13.3. The van der Waals surface area contributed by atoms with E-state index in [1.54, 1.807) is 6.92 Å². The Labute approximate surface area is 170 Å². The first kappa shape index (κ1) is 20.0. The molecular formula is C22H38N4O2. The number of likely N-dealkylation sites (tertiary alicyclic amines) is 2. The molecule has 6 heteroatoms. The average molecular weight is 391 g/mol. The highest BCUT2D eigenvalue weighted by Gasteiger charge is 2.46. The van der Waals surface area contributed by atoms with Crippen LogP contribution in [0.3, 0.4) is 0 Å². The largest absolute Gasteiger partial charge is 0.341 e. The molecule has 1 aliphatic carbocycles. The van der Waals surface area contributed by atoms with Crippen LogP contribution in [0.15, 0.2) is 0 Å². The van der Waals surface area contributed by atoms with Crippen molar-refractivity contribution in [1.82, 2.24) is 20.0 Å². The summed E-state index contributed by atoms with van der Waals surface area (Å²) in [6.07, 6.45) is 8.55. The van der Waals surface area contributed by atoms with Crippen molar-refractivity contribution in [1.29, 1.82) is 0 Å². The maximum Gasteiger partial charge on any atom is 0.318 e. The van der Waals surface area contributed by atoms with E-state index in [9.17, 15) is 9.59 Å². The van der Waals surface area contributed by atoms with E-state index in [2.05, 4.69) is 29.0 Å². The van der Waals surface area contributed by atoms with Crippen molar-refractivity contribution in [3.8, 4) is 0 Å². The number of nitrogens with zero attached hydrogens (tertiary/aromatic N) is 3. The summed E-state index contributed by atoms with van der Waals surface area (Å²) in [6.45, 7) is 11.4. The van der Waals surface area contributed by atoms with E-state index in [1.807, 2.05) is 4.90 Å². The van der Waals surface area contributed by atoms with Crippen LogP contribution in [0.2, 0.25) is 0 Å². The number of hydrogen-bond acceptors (Lipinski definition) is 3. The minimum atomic E-state index is 0.0911. The van der Waals surface area contributed by atoms with E-state index in [-0.39, 0.29) is 24.0 Å². The zero-order valence-electron chi connectivity index (χ0n) is 18.0. The van der Waals surface area contributed by atoms with Gasteiger partial charge in [0, 0.05) is 45.7 Å². The third kappa shape index (κ3) is 4.17. The molecule has 1 saturated carbocycles. The lowest BCUT2D eigenvalue weighted by Gasteiger charge is -2.43. The van der Waals surface area contributed by atoms with Gasteiger partial charge in [0.25, 0.3) is 0 Å². The number of rotatable bonds is 3. The molecule has 0 aromatic rings. The summed E-state index contributed by atoms with van der Waals surface area (Å²) < 4.78 is 0. The first-order valence-corrected chi connectivity index (χ1v) is 11.4. The molecule has 1 N–H and O–H groups in total. The Hall–Kier alpha value is -1.30. The number of amides is 3. The molecule has 0 aromatic carbocycles. The van der Waals surface area contributed by atoms with E-state index >= 15 is 0 Å². The molecule has 4 aliphatic rings. The lowest BCUT2D eigenvalue weighted by atomic mass is 9.73. The summed E-state index contributed by atoms with van der Waals surface area (Å²) >= 11 is 0. The second-order valence-electron chi connectivity index (χ2n) is 10.4. The van der Waals surface area contributed by atoms with Crippen LogP contribution in [-0.2, 0) is 4.79 Å². The van der Waals surface area contributed by atoms with Gasteiger partial charge in [-0.15, -0.1) is 0 Å². The lowest BCUT2D eigenvalue weighted by Crippen LogP contribution is -2.55.